The molecule has 1 heterocycles. The van der Waals surface area contributed by atoms with Crippen LogP contribution in [0.3, 0.4) is 0 Å². The molecule has 1 aromatic heterocycles. The second-order valence-corrected chi connectivity index (χ2v) is 5.35. The molecule has 2 unspecified atom stereocenters. The van der Waals surface area contributed by atoms with Crippen LogP contribution >= 0.6 is 0 Å². The molecular weight excluding hydrogens is 280 g/mol. The van der Waals surface area contributed by atoms with Gasteiger partial charge in [0.1, 0.15) is 5.56 Å². The fourth-order valence-electron chi connectivity index (χ4n) is 2.38. The molecule has 1 amide bonds. The number of hydrogen-bond acceptors (Lipinski definition) is 3. The number of aliphatic hydroxyl groups excluding tert-OH is 1. The van der Waals surface area contributed by atoms with Gasteiger partial charge in [-0.2, -0.15) is 4.73 Å². The van der Waals surface area contributed by atoms with E-state index in [0.717, 1.165) is 5.56 Å². The van der Waals surface area contributed by atoms with Gasteiger partial charge in [0.2, 0.25) is 0 Å². The summed E-state index contributed by atoms with van der Waals surface area (Å²) in [4.78, 5) is 12.1. The van der Waals surface area contributed by atoms with E-state index >= 15 is 0 Å². The highest BCUT2D eigenvalue weighted by Crippen LogP contribution is 2.20. The molecule has 0 aliphatic rings. The Bertz CT molecular complexity index is 614. The Morgan fingerprint density at radius 3 is 2.64 bits per heavy atom. The zero-order chi connectivity index (χ0) is 15.9. The fraction of sp³-hybridized carbons (Fsp3) is 0.294. The quantitative estimate of drug-likeness (QED) is 0.628. The molecule has 0 bridgehead atoms. The average molecular weight is 300 g/mol. The molecule has 5 heteroatoms. The molecule has 2 atom stereocenters. The van der Waals surface area contributed by atoms with Crippen molar-refractivity contribution in [2.24, 2.45) is 0 Å². The summed E-state index contributed by atoms with van der Waals surface area (Å²) >= 11 is 0. The minimum Gasteiger partial charge on any atom is -0.619 e. The fourth-order valence-corrected chi connectivity index (χ4v) is 2.38. The molecule has 5 nitrogen and oxygen atoms in total. The Hall–Kier alpha value is -2.40. The third-order valence-electron chi connectivity index (χ3n) is 3.44. The Labute approximate surface area is 129 Å². The van der Waals surface area contributed by atoms with Crippen molar-refractivity contribution in [2.75, 3.05) is 6.54 Å². The highest BCUT2D eigenvalue weighted by molar-refractivity contribution is 5.93. The molecule has 0 saturated heterocycles. The van der Waals surface area contributed by atoms with Crippen molar-refractivity contribution in [2.45, 2.75) is 25.4 Å². The van der Waals surface area contributed by atoms with Crippen LogP contribution in [0.2, 0.25) is 0 Å². The number of rotatable bonds is 6. The third-order valence-corrected chi connectivity index (χ3v) is 3.44. The van der Waals surface area contributed by atoms with Crippen LogP contribution in [-0.4, -0.2) is 23.7 Å². The van der Waals surface area contributed by atoms with Gasteiger partial charge in [-0.3, -0.25) is 4.79 Å². The van der Waals surface area contributed by atoms with Gasteiger partial charge in [0.15, 0.2) is 12.4 Å². The topological polar surface area (TPSA) is 76.3 Å². The first-order valence-electron chi connectivity index (χ1n) is 7.26. The Balaban J connectivity index is 2.03. The predicted octanol–water partition coefficient (Wildman–Crippen LogP) is 1.60. The molecule has 0 fully saturated rings. The van der Waals surface area contributed by atoms with Gasteiger partial charge in [0.25, 0.3) is 5.91 Å². The van der Waals surface area contributed by atoms with Crippen LogP contribution in [0.5, 0.6) is 0 Å². The lowest BCUT2D eigenvalue weighted by atomic mass is 9.93. The van der Waals surface area contributed by atoms with Gasteiger partial charge in [-0.1, -0.05) is 30.3 Å². The van der Waals surface area contributed by atoms with Gasteiger partial charge in [-0.15, -0.1) is 0 Å². The first-order chi connectivity index (χ1) is 10.6. The van der Waals surface area contributed by atoms with Crippen LogP contribution in [0.15, 0.2) is 54.9 Å². The zero-order valence-electron chi connectivity index (χ0n) is 12.5. The monoisotopic (exact) mass is 300 g/mol. The summed E-state index contributed by atoms with van der Waals surface area (Å²) in [5, 5.41) is 23.7. The summed E-state index contributed by atoms with van der Waals surface area (Å²) in [5.41, 5.74) is 1.39. The van der Waals surface area contributed by atoms with E-state index in [1.54, 1.807) is 13.0 Å². The Morgan fingerprint density at radius 2 is 2.00 bits per heavy atom. The summed E-state index contributed by atoms with van der Waals surface area (Å²) in [6.07, 6.45) is 2.67. The summed E-state index contributed by atoms with van der Waals surface area (Å²) in [6, 6.07) is 12.9. The van der Waals surface area contributed by atoms with E-state index in [0.29, 0.717) is 23.3 Å². The lowest BCUT2D eigenvalue weighted by molar-refractivity contribution is -0.605. The number of carbonyl (C=O) groups excluding carboxylic acids is 1. The zero-order valence-corrected chi connectivity index (χ0v) is 12.5. The molecule has 0 radical (unpaired) electrons. The first-order valence-corrected chi connectivity index (χ1v) is 7.26. The van der Waals surface area contributed by atoms with Gasteiger partial charge in [0, 0.05) is 18.5 Å². The Morgan fingerprint density at radius 1 is 1.27 bits per heavy atom. The van der Waals surface area contributed by atoms with Crippen molar-refractivity contribution in [1.29, 1.82) is 0 Å². The summed E-state index contributed by atoms with van der Waals surface area (Å²) in [5.74, 6) is -0.273. The van der Waals surface area contributed by atoms with Gasteiger partial charge in [0.05, 0.1) is 6.10 Å². The smallest absolute Gasteiger partial charge is 0.257 e. The highest BCUT2D eigenvalue weighted by atomic mass is 16.5. The number of aromatic nitrogens is 1. The maximum Gasteiger partial charge on any atom is 0.257 e. The van der Waals surface area contributed by atoms with Gasteiger partial charge < -0.3 is 15.6 Å². The molecule has 2 N–H and O–H groups in total. The predicted molar refractivity (Wildman–Crippen MR) is 83.2 cm³/mol. The lowest BCUT2D eigenvalue weighted by Crippen LogP contribution is -2.32. The molecule has 22 heavy (non-hydrogen) atoms. The maximum atomic E-state index is 12.1. The molecule has 2 rings (SSSR count). The second kappa shape index (κ2) is 7.56. The van der Waals surface area contributed by atoms with Crippen LogP contribution < -0.4 is 10.0 Å². The van der Waals surface area contributed by atoms with E-state index < -0.39 is 6.10 Å². The van der Waals surface area contributed by atoms with E-state index in [9.17, 15) is 15.1 Å². The van der Waals surface area contributed by atoms with Crippen LogP contribution in [0, 0.1) is 5.21 Å². The molecule has 0 aliphatic heterocycles. The van der Waals surface area contributed by atoms with Gasteiger partial charge >= 0.3 is 0 Å². The van der Waals surface area contributed by atoms with E-state index in [-0.39, 0.29) is 11.8 Å². The number of carbonyl (C=O) groups is 1. The Kier molecular flexibility index (Phi) is 5.49. The third kappa shape index (κ3) is 4.56. The summed E-state index contributed by atoms with van der Waals surface area (Å²) < 4.78 is 0.597. The van der Waals surface area contributed by atoms with Crippen LogP contribution in [0.4, 0.5) is 0 Å². The van der Waals surface area contributed by atoms with E-state index in [2.05, 4.69) is 5.32 Å². The molecular formula is C17H20N2O3. The number of hydrogen-bond donors (Lipinski definition) is 2. The van der Waals surface area contributed by atoms with E-state index in [4.69, 9.17) is 0 Å². The SMILES string of the molecule is CC(O)CC(CNC(=O)c1ccc[n+]([O-])c1)c1ccccc1. The number of nitrogens with zero attached hydrogens (tertiary/aromatic N) is 1. The van der Waals surface area contributed by atoms with E-state index in [1.165, 1.54) is 18.5 Å². The number of benzene rings is 1. The average Bonchev–Trinajstić information content (AvgIpc) is 2.51. The van der Waals surface area contributed by atoms with Crippen LogP contribution in [-0.2, 0) is 0 Å². The number of amides is 1. The van der Waals surface area contributed by atoms with Crippen molar-refractivity contribution in [3.8, 4) is 0 Å². The molecule has 1 aromatic carbocycles. The standard InChI is InChI=1S/C17H20N2O3/c1-13(20)10-16(14-6-3-2-4-7-14)11-18-17(21)15-8-5-9-19(22)12-15/h2-9,12-13,16,20H,10-11H2,1H3,(H,18,21). The highest BCUT2D eigenvalue weighted by Gasteiger charge is 2.16. The number of nitrogens with one attached hydrogen (secondary N) is 1. The van der Waals surface area contributed by atoms with E-state index in [1.807, 2.05) is 30.3 Å². The molecule has 0 spiro atoms. The molecule has 0 saturated carbocycles. The molecule has 116 valence electrons. The van der Waals surface area contributed by atoms with Crippen molar-refractivity contribution in [3.05, 3.63) is 71.2 Å². The van der Waals surface area contributed by atoms with Crippen LogP contribution in [0.1, 0.15) is 35.2 Å². The maximum absolute atomic E-state index is 12.1. The minimum atomic E-state index is -0.456. The number of pyridine rings is 1. The van der Waals surface area contributed by atoms with Crippen molar-refractivity contribution in [1.82, 2.24) is 5.32 Å². The molecule has 2 aromatic rings. The van der Waals surface area contributed by atoms with Crippen molar-refractivity contribution in [3.63, 3.8) is 0 Å². The van der Waals surface area contributed by atoms with Crippen molar-refractivity contribution < 1.29 is 14.6 Å². The largest absolute Gasteiger partial charge is 0.619 e. The number of aliphatic hydroxyl groups is 1. The molecule has 0 aliphatic carbocycles. The van der Waals surface area contributed by atoms with Crippen LogP contribution in [0.25, 0.3) is 0 Å². The van der Waals surface area contributed by atoms with Crippen molar-refractivity contribution >= 4 is 5.91 Å². The minimum absolute atomic E-state index is 0.0215. The summed E-state index contributed by atoms with van der Waals surface area (Å²) in [6.45, 7) is 2.14. The lowest BCUT2D eigenvalue weighted by Gasteiger charge is -2.19. The second-order valence-electron chi connectivity index (χ2n) is 5.35. The van der Waals surface area contributed by atoms with Gasteiger partial charge in [-0.25, -0.2) is 0 Å². The first kappa shape index (κ1) is 16.0. The summed E-state index contributed by atoms with van der Waals surface area (Å²) in [7, 11) is 0. The van der Waals surface area contributed by atoms with Gasteiger partial charge in [-0.05, 0) is 25.0 Å². The normalized spacial score (nSPS) is 13.4.